The fourth-order valence-corrected chi connectivity index (χ4v) is 4.68. The molecule has 8 heteroatoms. The standard InChI is InChI=1S/C21H24ClFN4O2/c1-12-15-4-3-6-26(20(15)17(22)9-18(12)23)21(29)16-11-25-27-7-5-14(8-19(16)27)10-24-13(2)28/h9,11,14H,3-8,10H2,1-2H3,(H,24,28). The zero-order valence-corrected chi connectivity index (χ0v) is 17.4. The van der Waals surface area contributed by atoms with Gasteiger partial charge in [0.25, 0.3) is 5.91 Å². The van der Waals surface area contributed by atoms with Crippen molar-refractivity contribution in [3.63, 3.8) is 0 Å². The molecule has 2 aliphatic rings. The number of halogens is 2. The number of fused-ring (bicyclic) bond motifs is 2. The number of aromatic nitrogens is 2. The summed E-state index contributed by atoms with van der Waals surface area (Å²) in [6.07, 6.45) is 4.66. The molecular weight excluding hydrogens is 395 g/mol. The van der Waals surface area contributed by atoms with E-state index in [1.54, 1.807) is 18.0 Å². The van der Waals surface area contributed by atoms with E-state index >= 15 is 0 Å². The van der Waals surface area contributed by atoms with Gasteiger partial charge in [-0.15, -0.1) is 0 Å². The molecule has 29 heavy (non-hydrogen) atoms. The smallest absolute Gasteiger partial charge is 0.261 e. The lowest BCUT2D eigenvalue weighted by atomic mass is 9.93. The SMILES string of the molecule is CC(=O)NCC1CCn2ncc(C(=O)N3CCCc4c(C)c(F)cc(Cl)c43)c2C1. The minimum absolute atomic E-state index is 0.0532. The summed E-state index contributed by atoms with van der Waals surface area (Å²) in [5.74, 6) is -0.280. The van der Waals surface area contributed by atoms with Crippen LogP contribution in [0.4, 0.5) is 10.1 Å². The number of nitrogens with zero attached hydrogens (tertiary/aromatic N) is 3. The first kappa shape index (κ1) is 19.9. The van der Waals surface area contributed by atoms with Gasteiger partial charge in [0.1, 0.15) is 5.82 Å². The van der Waals surface area contributed by atoms with Gasteiger partial charge >= 0.3 is 0 Å². The molecule has 0 saturated heterocycles. The van der Waals surface area contributed by atoms with Crippen molar-refractivity contribution in [2.24, 2.45) is 5.92 Å². The minimum atomic E-state index is -0.341. The van der Waals surface area contributed by atoms with Crippen LogP contribution < -0.4 is 10.2 Å². The number of nitrogens with one attached hydrogen (secondary N) is 1. The predicted octanol–water partition coefficient (Wildman–Crippen LogP) is 3.28. The van der Waals surface area contributed by atoms with Gasteiger partial charge in [-0.05, 0) is 55.7 Å². The number of anilines is 1. The second-order valence-corrected chi connectivity index (χ2v) is 8.28. The van der Waals surface area contributed by atoms with Crippen molar-refractivity contribution in [2.75, 3.05) is 18.0 Å². The molecule has 1 aromatic heterocycles. The molecule has 2 aromatic rings. The van der Waals surface area contributed by atoms with E-state index < -0.39 is 0 Å². The molecule has 0 radical (unpaired) electrons. The number of aryl methyl sites for hydroxylation is 1. The maximum Gasteiger partial charge on any atom is 0.261 e. The Balaban J connectivity index is 1.64. The van der Waals surface area contributed by atoms with Crippen LogP contribution in [0.3, 0.4) is 0 Å². The highest BCUT2D eigenvalue weighted by Crippen LogP contribution is 2.39. The maximum absolute atomic E-state index is 14.1. The van der Waals surface area contributed by atoms with Gasteiger partial charge in [-0.3, -0.25) is 14.3 Å². The van der Waals surface area contributed by atoms with Crippen LogP contribution >= 0.6 is 11.6 Å². The Morgan fingerprint density at radius 2 is 2.17 bits per heavy atom. The molecule has 0 saturated carbocycles. The Labute approximate surface area is 174 Å². The fourth-order valence-electron chi connectivity index (χ4n) is 4.37. The van der Waals surface area contributed by atoms with E-state index in [2.05, 4.69) is 10.4 Å². The van der Waals surface area contributed by atoms with Crippen molar-refractivity contribution >= 4 is 29.1 Å². The highest BCUT2D eigenvalue weighted by atomic mass is 35.5. The van der Waals surface area contributed by atoms with Gasteiger partial charge in [0.15, 0.2) is 0 Å². The van der Waals surface area contributed by atoms with Crippen LogP contribution in [-0.4, -0.2) is 34.7 Å². The van der Waals surface area contributed by atoms with Gasteiger partial charge in [-0.2, -0.15) is 5.10 Å². The largest absolute Gasteiger partial charge is 0.356 e. The summed E-state index contributed by atoms with van der Waals surface area (Å²) in [4.78, 5) is 26.4. The Kier molecular flexibility index (Phi) is 5.34. The highest BCUT2D eigenvalue weighted by molar-refractivity contribution is 6.34. The second kappa shape index (κ2) is 7.78. The van der Waals surface area contributed by atoms with Crippen molar-refractivity contribution in [3.8, 4) is 0 Å². The number of hydrogen-bond acceptors (Lipinski definition) is 3. The normalized spacial score (nSPS) is 18.2. The quantitative estimate of drug-likeness (QED) is 0.831. The third-order valence-electron chi connectivity index (χ3n) is 5.95. The average molecular weight is 419 g/mol. The van der Waals surface area contributed by atoms with Gasteiger partial charge in [-0.1, -0.05) is 11.6 Å². The van der Waals surface area contributed by atoms with Crippen molar-refractivity contribution in [1.29, 1.82) is 0 Å². The summed E-state index contributed by atoms with van der Waals surface area (Å²) in [5.41, 5.74) is 3.42. The average Bonchev–Trinajstić information content (AvgIpc) is 3.12. The third kappa shape index (κ3) is 3.64. The molecule has 2 aliphatic heterocycles. The lowest BCUT2D eigenvalue weighted by Gasteiger charge is -2.32. The molecule has 0 fully saturated rings. The number of rotatable bonds is 3. The number of carbonyl (C=O) groups excluding carboxylic acids is 2. The summed E-state index contributed by atoms with van der Waals surface area (Å²) in [5, 5.41) is 7.53. The highest BCUT2D eigenvalue weighted by Gasteiger charge is 2.32. The fraction of sp³-hybridized carbons (Fsp3) is 0.476. The van der Waals surface area contributed by atoms with E-state index in [0.717, 1.165) is 24.1 Å². The Morgan fingerprint density at radius 1 is 1.38 bits per heavy atom. The lowest BCUT2D eigenvalue weighted by molar-refractivity contribution is -0.119. The van der Waals surface area contributed by atoms with Crippen LogP contribution in [0.25, 0.3) is 0 Å². The molecule has 1 atom stereocenters. The number of carbonyl (C=O) groups is 2. The molecule has 4 rings (SSSR count). The molecule has 154 valence electrons. The molecule has 0 bridgehead atoms. The summed E-state index contributed by atoms with van der Waals surface area (Å²) < 4.78 is 16.0. The van der Waals surface area contributed by atoms with Crippen LogP contribution in [0.1, 0.15) is 46.9 Å². The molecule has 0 aliphatic carbocycles. The Bertz CT molecular complexity index is 988. The topological polar surface area (TPSA) is 67.2 Å². The third-order valence-corrected chi connectivity index (χ3v) is 6.24. The van der Waals surface area contributed by atoms with Gasteiger partial charge in [0, 0.05) is 26.6 Å². The first-order valence-corrected chi connectivity index (χ1v) is 10.3. The van der Waals surface area contributed by atoms with Crippen molar-refractivity contribution in [3.05, 3.63) is 45.5 Å². The number of benzene rings is 1. The zero-order chi connectivity index (χ0) is 20.7. The van der Waals surface area contributed by atoms with Crippen molar-refractivity contribution in [1.82, 2.24) is 15.1 Å². The molecule has 3 heterocycles. The minimum Gasteiger partial charge on any atom is -0.356 e. The van der Waals surface area contributed by atoms with Crippen LogP contribution in [0.15, 0.2) is 12.3 Å². The van der Waals surface area contributed by atoms with E-state index in [9.17, 15) is 14.0 Å². The van der Waals surface area contributed by atoms with Crippen LogP contribution in [0.5, 0.6) is 0 Å². The number of hydrogen-bond donors (Lipinski definition) is 1. The second-order valence-electron chi connectivity index (χ2n) is 7.88. The predicted molar refractivity (Wildman–Crippen MR) is 109 cm³/mol. The summed E-state index contributed by atoms with van der Waals surface area (Å²) in [6.45, 7) is 5.08. The Hall–Kier alpha value is -2.41. The van der Waals surface area contributed by atoms with Crippen molar-refractivity contribution in [2.45, 2.75) is 46.1 Å². The molecule has 1 N–H and O–H groups in total. The molecule has 1 unspecified atom stereocenters. The van der Waals surface area contributed by atoms with Gasteiger partial charge < -0.3 is 10.2 Å². The van der Waals surface area contributed by atoms with E-state index in [1.165, 1.54) is 13.0 Å². The van der Waals surface area contributed by atoms with Crippen LogP contribution in [0, 0.1) is 18.7 Å². The first-order valence-electron chi connectivity index (χ1n) is 9.95. The lowest BCUT2D eigenvalue weighted by Crippen LogP contribution is -2.37. The Morgan fingerprint density at radius 3 is 2.93 bits per heavy atom. The van der Waals surface area contributed by atoms with E-state index in [4.69, 9.17) is 11.6 Å². The molecule has 6 nitrogen and oxygen atoms in total. The van der Waals surface area contributed by atoms with Crippen molar-refractivity contribution < 1.29 is 14.0 Å². The monoisotopic (exact) mass is 418 g/mol. The van der Waals surface area contributed by atoms with E-state index in [-0.39, 0.29) is 28.6 Å². The molecule has 1 aromatic carbocycles. The molecule has 2 amide bonds. The summed E-state index contributed by atoms with van der Waals surface area (Å²) in [7, 11) is 0. The number of amides is 2. The van der Waals surface area contributed by atoms with Gasteiger partial charge in [0.05, 0.1) is 28.2 Å². The summed E-state index contributed by atoms with van der Waals surface area (Å²) >= 11 is 6.36. The zero-order valence-electron chi connectivity index (χ0n) is 16.6. The molecule has 0 spiro atoms. The van der Waals surface area contributed by atoms with E-state index in [1.807, 2.05) is 4.68 Å². The van der Waals surface area contributed by atoms with Gasteiger partial charge in [0.2, 0.25) is 5.91 Å². The van der Waals surface area contributed by atoms with E-state index in [0.29, 0.717) is 49.3 Å². The molecular formula is C21H24ClFN4O2. The first-order chi connectivity index (χ1) is 13.9. The summed E-state index contributed by atoms with van der Waals surface area (Å²) in [6, 6.07) is 1.29. The maximum atomic E-state index is 14.1. The van der Waals surface area contributed by atoms with Crippen LogP contribution in [0.2, 0.25) is 5.02 Å². The van der Waals surface area contributed by atoms with Gasteiger partial charge in [-0.25, -0.2) is 4.39 Å². The van der Waals surface area contributed by atoms with Crippen LogP contribution in [-0.2, 0) is 24.2 Å².